The highest BCUT2D eigenvalue weighted by Crippen LogP contribution is 2.41. The van der Waals surface area contributed by atoms with Crippen molar-refractivity contribution in [1.29, 1.82) is 0 Å². The Hall–Kier alpha value is -0.0800. The van der Waals surface area contributed by atoms with Crippen molar-refractivity contribution in [2.24, 2.45) is 5.92 Å². The van der Waals surface area contributed by atoms with Gasteiger partial charge in [-0.15, -0.1) is 0 Å². The van der Waals surface area contributed by atoms with Gasteiger partial charge in [-0.1, -0.05) is 26.2 Å². The van der Waals surface area contributed by atoms with Gasteiger partial charge >= 0.3 is 0 Å². The molecule has 3 fully saturated rings. The largest absolute Gasteiger partial charge is 0.314 e. The third kappa shape index (κ3) is 2.85. The van der Waals surface area contributed by atoms with E-state index in [1.54, 1.807) is 0 Å². The van der Waals surface area contributed by atoms with Crippen LogP contribution < -0.4 is 5.32 Å². The van der Waals surface area contributed by atoms with Crippen LogP contribution in [0.25, 0.3) is 0 Å². The molecular weight excluding hydrogens is 232 g/mol. The molecule has 2 saturated heterocycles. The Kier molecular flexibility index (Phi) is 4.48. The van der Waals surface area contributed by atoms with Crippen LogP contribution in [0.2, 0.25) is 0 Å². The second-order valence-electron chi connectivity index (χ2n) is 7.20. The van der Waals surface area contributed by atoms with E-state index in [1.165, 1.54) is 57.8 Å². The topological polar surface area (TPSA) is 15.3 Å². The Labute approximate surface area is 119 Å². The monoisotopic (exact) mass is 264 g/mol. The van der Waals surface area contributed by atoms with Crippen molar-refractivity contribution in [3.63, 3.8) is 0 Å². The van der Waals surface area contributed by atoms with E-state index >= 15 is 0 Å². The molecule has 0 aromatic heterocycles. The molecule has 3 rings (SSSR count). The summed E-state index contributed by atoms with van der Waals surface area (Å²) in [5.41, 5.74) is 0. The molecule has 0 amide bonds. The Morgan fingerprint density at radius 3 is 2.21 bits per heavy atom. The maximum Gasteiger partial charge on any atom is 0.0116 e. The van der Waals surface area contributed by atoms with Gasteiger partial charge in [-0.25, -0.2) is 0 Å². The van der Waals surface area contributed by atoms with Gasteiger partial charge < -0.3 is 5.32 Å². The van der Waals surface area contributed by atoms with Crippen LogP contribution in [0.4, 0.5) is 0 Å². The number of piperidine rings is 1. The number of fused-ring (bicyclic) bond motifs is 2. The number of rotatable bonds is 4. The highest BCUT2D eigenvalue weighted by Gasteiger charge is 2.44. The molecule has 2 nitrogen and oxygen atoms in total. The lowest BCUT2D eigenvalue weighted by molar-refractivity contribution is 0.0396. The van der Waals surface area contributed by atoms with Crippen LogP contribution >= 0.6 is 0 Å². The Balaban J connectivity index is 1.62. The molecule has 1 aliphatic carbocycles. The second-order valence-corrected chi connectivity index (χ2v) is 7.20. The summed E-state index contributed by atoms with van der Waals surface area (Å²) in [5.74, 6) is 0.993. The van der Waals surface area contributed by atoms with Crippen LogP contribution in [0.3, 0.4) is 0 Å². The molecule has 2 heterocycles. The van der Waals surface area contributed by atoms with Crippen molar-refractivity contribution in [3.05, 3.63) is 0 Å². The average molecular weight is 264 g/mol. The van der Waals surface area contributed by atoms with Crippen molar-refractivity contribution in [2.75, 3.05) is 6.54 Å². The van der Waals surface area contributed by atoms with Gasteiger partial charge in [0.15, 0.2) is 0 Å². The van der Waals surface area contributed by atoms with Crippen LogP contribution in [-0.4, -0.2) is 35.6 Å². The minimum atomic E-state index is 0.803. The lowest BCUT2D eigenvalue weighted by Gasteiger charge is -2.46. The van der Waals surface area contributed by atoms with Crippen LogP contribution in [0.1, 0.15) is 71.6 Å². The maximum absolute atomic E-state index is 3.70. The minimum absolute atomic E-state index is 0.803. The molecule has 0 spiro atoms. The van der Waals surface area contributed by atoms with Crippen LogP contribution in [-0.2, 0) is 0 Å². The molecule has 0 aromatic rings. The molecule has 2 bridgehead atoms. The van der Waals surface area contributed by atoms with Gasteiger partial charge in [-0.2, -0.15) is 0 Å². The highest BCUT2D eigenvalue weighted by molar-refractivity contribution is 5.00. The first kappa shape index (κ1) is 13.9. The van der Waals surface area contributed by atoms with E-state index < -0.39 is 0 Å². The molecule has 3 atom stereocenters. The zero-order valence-corrected chi connectivity index (χ0v) is 12.9. The van der Waals surface area contributed by atoms with Crippen molar-refractivity contribution >= 4 is 0 Å². The summed E-state index contributed by atoms with van der Waals surface area (Å²) < 4.78 is 0. The lowest BCUT2D eigenvalue weighted by atomic mass is 9.82. The van der Waals surface area contributed by atoms with Crippen LogP contribution in [0.15, 0.2) is 0 Å². The predicted octanol–water partition coefficient (Wildman–Crippen LogP) is 3.56. The number of nitrogens with one attached hydrogen (secondary N) is 1. The molecule has 0 radical (unpaired) electrons. The van der Waals surface area contributed by atoms with Crippen molar-refractivity contribution in [1.82, 2.24) is 10.2 Å². The fourth-order valence-electron chi connectivity index (χ4n) is 5.19. The number of nitrogens with zero attached hydrogens (tertiary/aromatic N) is 1. The first-order chi connectivity index (χ1) is 9.29. The third-order valence-electron chi connectivity index (χ3n) is 6.08. The predicted molar refractivity (Wildman–Crippen MR) is 81.4 cm³/mol. The molecule has 0 aromatic carbocycles. The first-order valence-electron chi connectivity index (χ1n) is 8.80. The average Bonchev–Trinajstić information content (AvgIpc) is 2.71. The minimum Gasteiger partial charge on any atom is -0.314 e. The summed E-state index contributed by atoms with van der Waals surface area (Å²) >= 11 is 0. The molecule has 3 aliphatic rings. The Morgan fingerprint density at radius 2 is 1.63 bits per heavy atom. The van der Waals surface area contributed by atoms with E-state index in [1.807, 2.05) is 0 Å². The van der Waals surface area contributed by atoms with Gasteiger partial charge in [-0.3, -0.25) is 4.90 Å². The van der Waals surface area contributed by atoms with Crippen molar-refractivity contribution in [2.45, 2.75) is 95.8 Å². The second kappa shape index (κ2) is 6.13. The summed E-state index contributed by atoms with van der Waals surface area (Å²) in [7, 11) is 0. The van der Waals surface area contributed by atoms with Crippen molar-refractivity contribution < 1.29 is 0 Å². The van der Waals surface area contributed by atoms with Gasteiger partial charge in [0.2, 0.25) is 0 Å². The smallest absolute Gasteiger partial charge is 0.0116 e. The van der Waals surface area contributed by atoms with Crippen LogP contribution in [0, 0.1) is 5.92 Å². The van der Waals surface area contributed by atoms with E-state index in [-0.39, 0.29) is 0 Å². The number of hydrogen-bond donors (Lipinski definition) is 1. The molecule has 3 unspecified atom stereocenters. The van der Waals surface area contributed by atoms with E-state index in [0.29, 0.717) is 0 Å². The van der Waals surface area contributed by atoms with Crippen molar-refractivity contribution in [3.8, 4) is 0 Å². The molecule has 19 heavy (non-hydrogen) atoms. The summed E-state index contributed by atoms with van der Waals surface area (Å²) in [6, 6.07) is 3.43. The van der Waals surface area contributed by atoms with E-state index in [9.17, 15) is 0 Å². The molecule has 110 valence electrons. The van der Waals surface area contributed by atoms with Gasteiger partial charge in [0.05, 0.1) is 0 Å². The van der Waals surface area contributed by atoms with Gasteiger partial charge in [0.25, 0.3) is 0 Å². The van der Waals surface area contributed by atoms with E-state index in [4.69, 9.17) is 0 Å². The normalized spacial score (nSPS) is 38.5. The summed E-state index contributed by atoms with van der Waals surface area (Å²) in [6.07, 6.45) is 13.2. The number of hydrogen-bond acceptors (Lipinski definition) is 2. The summed E-state index contributed by atoms with van der Waals surface area (Å²) in [4.78, 5) is 2.95. The van der Waals surface area contributed by atoms with Gasteiger partial charge in [0.1, 0.15) is 0 Å². The molecule has 2 aliphatic heterocycles. The van der Waals surface area contributed by atoms with E-state index in [2.05, 4.69) is 24.1 Å². The quantitative estimate of drug-likeness (QED) is 0.835. The lowest BCUT2D eigenvalue weighted by Crippen LogP contribution is -2.54. The summed E-state index contributed by atoms with van der Waals surface area (Å²) in [6.45, 7) is 5.93. The maximum atomic E-state index is 3.70. The highest BCUT2D eigenvalue weighted by atomic mass is 15.3. The zero-order chi connectivity index (χ0) is 13.2. The fourth-order valence-corrected chi connectivity index (χ4v) is 5.19. The molecular formula is C17H32N2. The molecule has 2 heteroatoms. The SMILES string of the molecule is CCNC1CC2CCC(C1)N2C(C)C1CCCCC1. The Morgan fingerprint density at radius 1 is 1.00 bits per heavy atom. The van der Waals surface area contributed by atoms with Crippen LogP contribution in [0.5, 0.6) is 0 Å². The molecule has 1 N–H and O–H groups in total. The van der Waals surface area contributed by atoms with E-state index in [0.717, 1.165) is 36.6 Å². The van der Waals surface area contributed by atoms with Gasteiger partial charge in [0, 0.05) is 24.2 Å². The molecule has 1 saturated carbocycles. The third-order valence-corrected chi connectivity index (χ3v) is 6.08. The van der Waals surface area contributed by atoms with Gasteiger partial charge in [-0.05, 0) is 57.9 Å². The standard InChI is InChI=1S/C17H32N2/c1-3-18-15-11-16-9-10-17(12-15)19(16)13(2)14-7-5-4-6-8-14/h13-18H,3-12H2,1-2H3. The Bertz CT molecular complexity index is 271. The first-order valence-corrected chi connectivity index (χ1v) is 8.80. The fraction of sp³-hybridized carbons (Fsp3) is 1.00. The zero-order valence-electron chi connectivity index (χ0n) is 12.9. The summed E-state index contributed by atoms with van der Waals surface area (Å²) in [5, 5.41) is 3.70.